The van der Waals surface area contributed by atoms with Crippen LogP contribution in [0.3, 0.4) is 0 Å². The molecule has 2 atom stereocenters. The maximum Gasteiger partial charge on any atom is 0.326 e. The molecular weight excluding hydrogens is 312 g/mol. The molecule has 2 N–H and O–H groups in total. The number of aryl methyl sites for hydroxylation is 1. The lowest BCUT2D eigenvalue weighted by atomic mass is 10.1. The van der Waals surface area contributed by atoms with Crippen LogP contribution < -0.4 is 15.0 Å². The second kappa shape index (κ2) is 7.33. The Bertz CT molecular complexity index is 658. The summed E-state index contributed by atoms with van der Waals surface area (Å²) in [6.45, 7) is 5.43. The Morgan fingerprint density at radius 3 is 2.75 bits per heavy atom. The molecule has 1 aliphatic heterocycles. The summed E-state index contributed by atoms with van der Waals surface area (Å²) in [5.41, 5.74) is 1.61. The highest BCUT2D eigenvalue weighted by Gasteiger charge is 2.31. The molecule has 0 aromatic heterocycles. The first-order valence-corrected chi connectivity index (χ1v) is 7.94. The first-order valence-electron chi connectivity index (χ1n) is 7.94. The van der Waals surface area contributed by atoms with Crippen molar-refractivity contribution in [1.82, 2.24) is 5.32 Å². The van der Waals surface area contributed by atoms with Crippen molar-refractivity contribution in [2.45, 2.75) is 45.8 Å². The van der Waals surface area contributed by atoms with E-state index in [0.29, 0.717) is 17.9 Å². The molecule has 0 spiro atoms. The molecule has 1 aromatic rings. The number of aliphatic carboxylic acids is 1. The van der Waals surface area contributed by atoms with Crippen molar-refractivity contribution in [3.05, 3.63) is 23.8 Å². The largest absolute Gasteiger partial charge is 0.480 e. The molecule has 0 saturated carbocycles. The fourth-order valence-corrected chi connectivity index (χ4v) is 2.57. The van der Waals surface area contributed by atoms with Crippen LogP contribution in [0, 0.1) is 6.92 Å². The molecule has 2 amide bonds. The zero-order valence-corrected chi connectivity index (χ0v) is 14.0. The molecule has 0 bridgehead atoms. The zero-order chi connectivity index (χ0) is 17.9. The predicted molar refractivity (Wildman–Crippen MR) is 88.1 cm³/mol. The minimum atomic E-state index is -1.07. The number of carbonyl (C=O) groups is 3. The molecule has 1 aromatic carbocycles. The van der Waals surface area contributed by atoms with Crippen LogP contribution in [-0.2, 0) is 14.4 Å². The number of hydrogen-bond donors (Lipinski definition) is 2. The maximum atomic E-state index is 12.4. The van der Waals surface area contributed by atoms with Gasteiger partial charge in [0, 0.05) is 13.0 Å². The molecular formula is C17H22N2O5. The Morgan fingerprint density at radius 2 is 2.12 bits per heavy atom. The number of anilines is 1. The molecule has 24 heavy (non-hydrogen) atoms. The average molecular weight is 334 g/mol. The second-order valence-electron chi connectivity index (χ2n) is 5.84. The van der Waals surface area contributed by atoms with E-state index in [1.54, 1.807) is 19.9 Å². The normalized spacial score (nSPS) is 17.7. The van der Waals surface area contributed by atoms with Crippen LogP contribution in [0.2, 0.25) is 0 Å². The molecule has 2 rings (SSSR count). The van der Waals surface area contributed by atoms with Crippen LogP contribution in [0.1, 0.15) is 32.3 Å². The lowest BCUT2D eigenvalue weighted by molar-refractivity contribution is -0.141. The van der Waals surface area contributed by atoms with Crippen molar-refractivity contribution < 1.29 is 24.2 Å². The van der Waals surface area contributed by atoms with E-state index in [1.807, 2.05) is 19.1 Å². The summed E-state index contributed by atoms with van der Waals surface area (Å²) in [6, 6.07) is 4.62. The quantitative estimate of drug-likeness (QED) is 0.821. The summed E-state index contributed by atoms with van der Waals surface area (Å²) in [6.07, 6.45) is -0.294. The molecule has 0 aliphatic carbocycles. The summed E-state index contributed by atoms with van der Waals surface area (Å²) in [7, 11) is 0. The topological polar surface area (TPSA) is 95.9 Å². The fourth-order valence-electron chi connectivity index (χ4n) is 2.57. The van der Waals surface area contributed by atoms with Crippen molar-refractivity contribution in [3.63, 3.8) is 0 Å². The first-order chi connectivity index (χ1) is 11.3. The number of carbonyl (C=O) groups excluding carboxylic acids is 2. The Balaban J connectivity index is 2.09. The minimum absolute atomic E-state index is 0.0234. The van der Waals surface area contributed by atoms with Crippen molar-refractivity contribution in [3.8, 4) is 5.75 Å². The van der Waals surface area contributed by atoms with Gasteiger partial charge < -0.3 is 20.1 Å². The van der Waals surface area contributed by atoms with Crippen LogP contribution in [0.15, 0.2) is 18.2 Å². The summed E-state index contributed by atoms with van der Waals surface area (Å²) in [4.78, 5) is 36.9. The summed E-state index contributed by atoms with van der Waals surface area (Å²) in [5, 5.41) is 11.4. The Morgan fingerprint density at radius 1 is 1.42 bits per heavy atom. The number of amides is 2. The van der Waals surface area contributed by atoms with Crippen LogP contribution in [0.4, 0.5) is 5.69 Å². The number of fused-ring (bicyclic) bond motifs is 1. The molecule has 7 heteroatoms. The number of carboxylic acids is 1. The predicted octanol–water partition coefficient (Wildman–Crippen LogP) is 1.48. The zero-order valence-electron chi connectivity index (χ0n) is 14.0. The van der Waals surface area contributed by atoms with Gasteiger partial charge in [0.05, 0.1) is 5.69 Å². The summed E-state index contributed by atoms with van der Waals surface area (Å²) < 4.78 is 5.58. The van der Waals surface area contributed by atoms with Gasteiger partial charge in [0.15, 0.2) is 6.10 Å². The molecule has 7 nitrogen and oxygen atoms in total. The van der Waals surface area contributed by atoms with Gasteiger partial charge in [-0.1, -0.05) is 13.0 Å². The van der Waals surface area contributed by atoms with E-state index in [1.165, 1.54) is 4.90 Å². The molecule has 0 radical (unpaired) electrons. The van der Waals surface area contributed by atoms with E-state index in [-0.39, 0.29) is 18.9 Å². The van der Waals surface area contributed by atoms with Crippen LogP contribution >= 0.6 is 0 Å². The number of benzene rings is 1. The van der Waals surface area contributed by atoms with E-state index >= 15 is 0 Å². The highest BCUT2D eigenvalue weighted by atomic mass is 16.5. The van der Waals surface area contributed by atoms with Gasteiger partial charge in [0.2, 0.25) is 5.91 Å². The van der Waals surface area contributed by atoms with E-state index < -0.39 is 24.0 Å². The fraction of sp³-hybridized carbons (Fsp3) is 0.471. The number of ether oxygens (including phenoxy) is 1. The number of hydrogen-bond acceptors (Lipinski definition) is 4. The van der Waals surface area contributed by atoms with E-state index in [4.69, 9.17) is 9.84 Å². The monoisotopic (exact) mass is 334 g/mol. The van der Waals surface area contributed by atoms with Gasteiger partial charge in [-0.05, 0) is 38.0 Å². The lowest BCUT2D eigenvalue weighted by Gasteiger charge is -2.33. The third kappa shape index (κ3) is 3.84. The van der Waals surface area contributed by atoms with Gasteiger partial charge in [-0.2, -0.15) is 0 Å². The highest BCUT2D eigenvalue weighted by molar-refractivity contribution is 6.00. The number of nitrogens with one attached hydrogen (secondary N) is 1. The van der Waals surface area contributed by atoms with Gasteiger partial charge >= 0.3 is 5.97 Å². The Labute approximate surface area is 140 Å². The third-order valence-corrected chi connectivity index (χ3v) is 3.93. The van der Waals surface area contributed by atoms with Crippen LogP contribution in [-0.4, -0.2) is 41.6 Å². The van der Waals surface area contributed by atoms with Gasteiger partial charge in [-0.3, -0.25) is 9.59 Å². The van der Waals surface area contributed by atoms with Crippen LogP contribution in [0.5, 0.6) is 5.75 Å². The number of carboxylic acid groups (broad SMARTS) is 1. The van der Waals surface area contributed by atoms with E-state index in [9.17, 15) is 14.4 Å². The average Bonchev–Trinajstić information content (AvgIpc) is 2.53. The minimum Gasteiger partial charge on any atom is -0.480 e. The number of rotatable bonds is 6. The number of nitrogens with zero attached hydrogens (tertiary/aromatic N) is 1. The Kier molecular flexibility index (Phi) is 5.43. The highest BCUT2D eigenvalue weighted by Crippen LogP contribution is 2.34. The van der Waals surface area contributed by atoms with E-state index in [0.717, 1.165) is 5.56 Å². The SMILES string of the molecule is CCC(NC(=O)CCN1C(=O)C(C)Oc2ccc(C)cc21)C(=O)O. The van der Waals surface area contributed by atoms with Crippen LogP contribution in [0.25, 0.3) is 0 Å². The van der Waals surface area contributed by atoms with Crippen molar-refractivity contribution in [1.29, 1.82) is 0 Å². The first kappa shape index (κ1) is 17.8. The smallest absolute Gasteiger partial charge is 0.326 e. The molecule has 2 unspecified atom stereocenters. The lowest BCUT2D eigenvalue weighted by Crippen LogP contribution is -2.47. The Hall–Kier alpha value is -2.57. The molecule has 0 fully saturated rings. The van der Waals surface area contributed by atoms with Gasteiger partial charge in [0.1, 0.15) is 11.8 Å². The van der Waals surface area contributed by atoms with Crippen molar-refractivity contribution in [2.24, 2.45) is 0 Å². The van der Waals surface area contributed by atoms with Crippen molar-refractivity contribution >= 4 is 23.5 Å². The molecule has 130 valence electrons. The summed E-state index contributed by atoms with van der Waals surface area (Å²) in [5.74, 6) is -1.08. The standard InChI is InChI=1S/C17H22N2O5/c1-4-12(17(22)23)18-15(20)7-8-19-13-9-10(2)5-6-14(13)24-11(3)16(19)21/h5-6,9,11-12H,4,7-8H2,1-3H3,(H,18,20)(H,22,23). The molecule has 0 saturated heterocycles. The van der Waals surface area contributed by atoms with Gasteiger partial charge in [-0.15, -0.1) is 0 Å². The maximum absolute atomic E-state index is 12.4. The van der Waals surface area contributed by atoms with E-state index in [2.05, 4.69) is 5.32 Å². The van der Waals surface area contributed by atoms with Gasteiger partial charge in [-0.25, -0.2) is 4.79 Å². The summed E-state index contributed by atoms with van der Waals surface area (Å²) >= 11 is 0. The molecule has 1 heterocycles. The molecule has 1 aliphatic rings. The third-order valence-electron chi connectivity index (χ3n) is 3.93. The van der Waals surface area contributed by atoms with Gasteiger partial charge in [0.25, 0.3) is 5.91 Å². The second-order valence-corrected chi connectivity index (χ2v) is 5.84. The van der Waals surface area contributed by atoms with Crippen molar-refractivity contribution in [2.75, 3.05) is 11.4 Å².